The van der Waals surface area contributed by atoms with E-state index in [1.165, 1.54) is 12.1 Å². The van der Waals surface area contributed by atoms with Crippen molar-refractivity contribution >= 4 is 29.2 Å². The van der Waals surface area contributed by atoms with Crippen molar-refractivity contribution in [3.63, 3.8) is 0 Å². The molecular formula is C22H23ClFN7O. The van der Waals surface area contributed by atoms with Crippen molar-refractivity contribution in [2.24, 2.45) is 0 Å². The van der Waals surface area contributed by atoms with Crippen molar-refractivity contribution < 1.29 is 9.13 Å². The highest BCUT2D eigenvalue weighted by molar-refractivity contribution is 6.29. The first-order valence-corrected chi connectivity index (χ1v) is 10.8. The van der Waals surface area contributed by atoms with E-state index in [4.69, 9.17) is 22.1 Å². The van der Waals surface area contributed by atoms with E-state index in [-0.39, 0.29) is 17.0 Å². The summed E-state index contributed by atoms with van der Waals surface area (Å²) in [4.78, 5) is 13.0. The molecule has 1 saturated heterocycles. The molecule has 10 heteroatoms. The molecule has 0 bridgehead atoms. The van der Waals surface area contributed by atoms with Gasteiger partial charge in [-0.15, -0.1) is 0 Å². The topological polar surface area (TPSA) is 85.3 Å². The zero-order valence-electron chi connectivity index (χ0n) is 17.6. The summed E-state index contributed by atoms with van der Waals surface area (Å²) in [5.41, 5.74) is 8.48. The Kier molecular flexibility index (Phi) is 5.44. The predicted molar refractivity (Wildman–Crippen MR) is 122 cm³/mol. The lowest BCUT2D eigenvalue weighted by atomic mass is 10.1. The van der Waals surface area contributed by atoms with Gasteiger partial charge >= 0.3 is 0 Å². The van der Waals surface area contributed by atoms with Crippen molar-refractivity contribution in [3.05, 3.63) is 58.8 Å². The normalized spacial score (nSPS) is 18.5. The number of aromatic nitrogens is 4. The van der Waals surface area contributed by atoms with Crippen molar-refractivity contribution in [3.8, 4) is 11.7 Å². The molecule has 0 spiro atoms. The molecule has 0 amide bonds. The Morgan fingerprint density at radius 3 is 3.00 bits per heavy atom. The van der Waals surface area contributed by atoms with E-state index in [0.29, 0.717) is 18.4 Å². The summed E-state index contributed by atoms with van der Waals surface area (Å²) < 4.78 is 21.2. The summed E-state index contributed by atoms with van der Waals surface area (Å²) >= 11 is 5.99. The van der Waals surface area contributed by atoms with Gasteiger partial charge in [0.25, 0.3) is 5.95 Å². The smallest absolute Gasteiger partial charge is 0.254 e. The molecule has 5 rings (SSSR count). The van der Waals surface area contributed by atoms with E-state index in [1.807, 2.05) is 13.0 Å². The number of nitrogens with zero attached hydrogens (tertiary/aromatic N) is 6. The molecule has 2 N–H and O–H groups in total. The second-order valence-corrected chi connectivity index (χ2v) is 8.33. The van der Waals surface area contributed by atoms with Crippen LogP contribution in [0.3, 0.4) is 0 Å². The Labute approximate surface area is 190 Å². The number of rotatable bonds is 4. The van der Waals surface area contributed by atoms with E-state index < -0.39 is 0 Å². The minimum Gasteiger partial charge on any atom is -0.489 e. The summed E-state index contributed by atoms with van der Waals surface area (Å²) in [5.74, 6) is 1.16. The fourth-order valence-electron chi connectivity index (χ4n) is 4.20. The van der Waals surface area contributed by atoms with Crippen LogP contribution in [0.4, 0.5) is 15.9 Å². The minimum absolute atomic E-state index is 0.210. The van der Waals surface area contributed by atoms with Gasteiger partial charge in [0.05, 0.1) is 23.6 Å². The Morgan fingerprint density at radius 2 is 2.16 bits per heavy atom. The van der Waals surface area contributed by atoms with Crippen LogP contribution in [0.1, 0.15) is 11.3 Å². The Hall–Kier alpha value is -3.17. The van der Waals surface area contributed by atoms with Gasteiger partial charge < -0.3 is 15.4 Å². The van der Waals surface area contributed by atoms with Gasteiger partial charge in [0.15, 0.2) is 0 Å². The molecule has 8 nitrogen and oxygen atoms in total. The average Bonchev–Trinajstić information content (AvgIpc) is 3.13. The van der Waals surface area contributed by atoms with Gasteiger partial charge in [0.1, 0.15) is 29.1 Å². The summed E-state index contributed by atoms with van der Waals surface area (Å²) in [7, 11) is 0. The Balaban J connectivity index is 1.24. The number of benzene rings is 1. The van der Waals surface area contributed by atoms with Crippen molar-refractivity contribution in [2.75, 3.05) is 43.4 Å². The molecule has 0 saturated carbocycles. The Bertz CT molecular complexity index is 1160. The number of hydrogen-bond donors (Lipinski definition) is 1. The zero-order chi connectivity index (χ0) is 22.2. The van der Waals surface area contributed by atoms with Crippen LogP contribution in [-0.2, 0) is 0 Å². The maximum Gasteiger partial charge on any atom is 0.254 e. The molecule has 0 radical (unpaired) electrons. The molecule has 1 fully saturated rings. The van der Waals surface area contributed by atoms with E-state index >= 15 is 0 Å². The first-order valence-electron chi connectivity index (χ1n) is 10.4. The number of hydrogen-bond acceptors (Lipinski definition) is 7. The lowest BCUT2D eigenvalue weighted by Gasteiger charge is -2.45. The average molecular weight is 456 g/mol. The zero-order valence-corrected chi connectivity index (χ0v) is 18.3. The third kappa shape index (κ3) is 4.01. The van der Waals surface area contributed by atoms with Crippen molar-refractivity contribution in [1.29, 1.82) is 0 Å². The third-order valence-electron chi connectivity index (χ3n) is 5.83. The van der Waals surface area contributed by atoms with Gasteiger partial charge in [-0.3, -0.25) is 4.90 Å². The number of nitrogens with two attached hydrogens (primary N) is 1. The molecule has 2 aliphatic heterocycles. The molecule has 4 heterocycles. The maximum atomic E-state index is 13.7. The highest BCUT2D eigenvalue weighted by Gasteiger charge is 2.32. The molecule has 1 atom stereocenters. The molecule has 32 heavy (non-hydrogen) atoms. The lowest BCUT2D eigenvalue weighted by Crippen LogP contribution is -2.57. The van der Waals surface area contributed by atoms with Gasteiger partial charge in [-0.05, 0) is 19.1 Å². The first kappa shape index (κ1) is 20.7. The van der Waals surface area contributed by atoms with Crippen LogP contribution < -0.4 is 15.4 Å². The van der Waals surface area contributed by atoms with Crippen molar-refractivity contribution in [1.82, 2.24) is 24.6 Å². The standard InChI is InChI=1S/C22H23ClFN7O/c1-14-15(11-26-31(14)22-27-20(23)10-21(25)28-22)3-2-6-29-7-8-30-17(12-29)13-32-19-5-4-16(24)9-18(19)30/h2-5,9-11,17H,6-8,12-13H2,1H3,(H2,25,27,28). The van der Waals surface area contributed by atoms with E-state index in [2.05, 4.69) is 30.9 Å². The Morgan fingerprint density at radius 1 is 1.28 bits per heavy atom. The van der Waals surface area contributed by atoms with Crippen LogP contribution >= 0.6 is 11.6 Å². The fraction of sp³-hybridized carbons (Fsp3) is 0.318. The second-order valence-electron chi connectivity index (χ2n) is 7.94. The number of nitrogen functional groups attached to an aromatic ring is 1. The second kappa shape index (κ2) is 8.40. The predicted octanol–water partition coefficient (Wildman–Crippen LogP) is 2.94. The largest absolute Gasteiger partial charge is 0.489 e. The number of fused-ring (bicyclic) bond motifs is 3. The molecule has 2 aromatic heterocycles. The molecule has 2 aliphatic rings. The van der Waals surface area contributed by atoms with Crippen LogP contribution in [0.25, 0.3) is 12.0 Å². The summed E-state index contributed by atoms with van der Waals surface area (Å²) in [5, 5.41) is 4.65. The SMILES string of the molecule is Cc1c(C=CCN2CCN3c4cc(F)ccc4OCC3C2)cnn1-c1nc(N)cc(Cl)n1. The van der Waals surface area contributed by atoms with Crippen LogP contribution in [0.5, 0.6) is 5.75 Å². The maximum absolute atomic E-state index is 13.7. The molecule has 166 valence electrons. The monoisotopic (exact) mass is 455 g/mol. The van der Waals surface area contributed by atoms with E-state index in [1.54, 1.807) is 23.0 Å². The number of anilines is 2. The minimum atomic E-state index is -0.236. The van der Waals surface area contributed by atoms with Gasteiger partial charge in [0.2, 0.25) is 0 Å². The summed E-state index contributed by atoms with van der Waals surface area (Å²) in [6.07, 6.45) is 5.93. The number of piperazine rings is 1. The van der Waals surface area contributed by atoms with E-state index in [0.717, 1.165) is 48.9 Å². The highest BCUT2D eigenvalue weighted by Crippen LogP contribution is 2.35. The number of ether oxygens (including phenoxy) is 1. The lowest BCUT2D eigenvalue weighted by molar-refractivity contribution is 0.177. The van der Waals surface area contributed by atoms with Crippen LogP contribution in [-0.4, -0.2) is 63.5 Å². The highest BCUT2D eigenvalue weighted by atomic mass is 35.5. The van der Waals surface area contributed by atoms with Gasteiger partial charge in [-0.1, -0.05) is 23.8 Å². The fourth-order valence-corrected chi connectivity index (χ4v) is 4.39. The van der Waals surface area contributed by atoms with Gasteiger partial charge in [0, 0.05) is 43.9 Å². The molecule has 3 aromatic rings. The summed E-state index contributed by atoms with van der Waals surface area (Å²) in [6, 6.07) is 6.42. The summed E-state index contributed by atoms with van der Waals surface area (Å²) in [6.45, 7) is 5.93. The molecule has 1 aromatic carbocycles. The van der Waals surface area contributed by atoms with Crippen LogP contribution in [0.15, 0.2) is 36.5 Å². The van der Waals surface area contributed by atoms with Gasteiger partial charge in [-0.2, -0.15) is 15.1 Å². The van der Waals surface area contributed by atoms with Gasteiger partial charge in [-0.25, -0.2) is 9.07 Å². The molecule has 1 unspecified atom stereocenters. The van der Waals surface area contributed by atoms with E-state index in [9.17, 15) is 4.39 Å². The third-order valence-corrected chi connectivity index (χ3v) is 6.02. The molecule has 0 aliphatic carbocycles. The molecular weight excluding hydrogens is 433 g/mol. The first-order chi connectivity index (χ1) is 15.5. The van der Waals surface area contributed by atoms with Crippen LogP contribution in [0, 0.1) is 12.7 Å². The van der Waals surface area contributed by atoms with Crippen LogP contribution in [0.2, 0.25) is 5.15 Å². The number of halogens is 2. The quantitative estimate of drug-likeness (QED) is 0.605. The van der Waals surface area contributed by atoms with Crippen molar-refractivity contribution in [2.45, 2.75) is 13.0 Å².